The molecule has 0 aliphatic heterocycles. The number of hydrogen-bond donors (Lipinski definition) is 0. The molecule has 0 N–H and O–H groups in total. The van der Waals surface area contributed by atoms with Crippen molar-refractivity contribution in [2.45, 2.75) is 12.1 Å². The summed E-state index contributed by atoms with van der Waals surface area (Å²) in [4.78, 5) is 10.4. The van der Waals surface area contributed by atoms with Gasteiger partial charge in [0.15, 0.2) is 0 Å². The maximum atomic E-state index is 13.2. The Morgan fingerprint density at radius 1 is 0.963 bits per heavy atom. The van der Waals surface area contributed by atoms with Gasteiger partial charge in [-0.3, -0.25) is 14.7 Å². The van der Waals surface area contributed by atoms with Crippen LogP contribution in [0.4, 0.5) is 5.69 Å². The van der Waals surface area contributed by atoms with Crippen LogP contribution in [0.25, 0.3) is 10.8 Å². The van der Waals surface area contributed by atoms with Crippen molar-refractivity contribution in [1.29, 1.82) is 0 Å². The summed E-state index contributed by atoms with van der Waals surface area (Å²) >= 11 is 0. The number of nitro groups is 1. The molecule has 3 rings (SSSR count). The Bertz CT molecular complexity index is 995. The second kappa shape index (κ2) is 8.01. The Labute approximate surface area is 157 Å². The highest BCUT2D eigenvalue weighted by atomic mass is 31.2. The highest BCUT2D eigenvalue weighted by molar-refractivity contribution is 7.54. The van der Waals surface area contributed by atoms with Gasteiger partial charge in [0, 0.05) is 26.4 Å². The lowest BCUT2D eigenvalue weighted by molar-refractivity contribution is -0.384. The molecular weight excluding hydrogens is 365 g/mol. The van der Waals surface area contributed by atoms with Crippen molar-refractivity contribution >= 4 is 24.1 Å². The number of nitro benzene ring substituents is 1. The summed E-state index contributed by atoms with van der Waals surface area (Å²) in [6.07, 6.45) is 0.418. The van der Waals surface area contributed by atoms with Gasteiger partial charge in [-0.15, -0.1) is 0 Å². The van der Waals surface area contributed by atoms with Crippen molar-refractivity contribution in [3.63, 3.8) is 0 Å². The number of rotatable bonds is 7. The SMILES string of the molecule is COP(=O)(OC)C(Cc1ccc2ccccc2c1)c1ccc([N+](=O)[O-])cc1. The summed E-state index contributed by atoms with van der Waals surface area (Å²) in [6.45, 7) is 0. The third-order valence-electron chi connectivity index (χ3n) is 4.62. The van der Waals surface area contributed by atoms with Gasteiger partial charge in [-0.1, -0.05) is 54.6 Å². The zero-order valence-electron chi connectivity index (χ0n) is 15.1. The maximum absolute atomic E-state index is 13.2. The lowest BCUT2D eigenvalue weighted by atomic mass is 10.0. The molecule has 0 fully saturated rings. The van der Waals surface area contributed by atoms with Crippen molar-refractivity contribution in [1.82, 2.24) is 0 Å². The Balaban J connectivity index is 2.00. The summed E-state index contributed by atoms with van der Waals surface area (Å²) in [7, 11) is -0.747. The quantitative estimate of drug-likeness (QED) is 0.304. The first-order valence-corrected chi connectivity index (χ1v) is 10.0. The lowest BCUT2D eigenvalue weighted by Crippen LogP contribution is -2.07. The Kier molecular flexibility index (Phi) is 5.71. The van der Waals surface area contributed by atoms with E-state index < -0.39 is 18.2 Å². The first-order valence-electron chi connectivity index (χ1n) is 8.40. The molecule has 3 aromatic carbocycles. The molecule has 6 nitrogen and oxygen atoms in total. The van der Waals surface area contributed by atoms with Crippen LogP contribution in [0, 0.1) is 10.1 Å². The molecule has 1 unspecified atom stereocenters. The standard InChI is InChI=1S/C20H20NO5P/c1-25-27(24,26-2)20(17-9-11-19(12-10-17)21(22)23)14-15-7-8-16-5-3-4-6-18(16)13-15/h3-13,20H,14H2,1-2H3. The first kappa shape index (κ1) is 19.2. The van der Waals surface area contributed by atoms with Crippen LogP contribution in [0.1, 0.15) is 16.8 Å². The summed E-state index contributed by atoms with van der Waals surface area (Å²) in [6, 6.07) is 20.1. The van der Waals surface area contributed by atoms with Gasteiger partial charge in [0.1, 0.15) is 0 Å². The van der Waals surface area contributed by atoms with Crippen LogP contribution in [0.2, 0.25) is 0 Å². The molecule has 0 heterocycles. The van der Waals surface area contributed by atoms with Crippen LogP contribution in [-0.2, 0) is 20.0 Å². The van der Waals surface area contributed by atoms with Crippen LogP contribution < -0.4 is 0 Å². The second-order valence-electron chi connectivity index (χ2n) is 6.16. The predicted molar refractivity (Wildman–Crippen MR) is 105 cm³/mol. The molecule has 0 bridgehead atoms. The van der Waals surface area contributed by atoms with E-state index in [-0.39, 0.29) is 5.69 Å². The fourth-order valence-electron chi connectivity index (χ4n) is 3.15. The van der Waals surface area contributed by atoms with Crippen LogP contribution >= 0.6 is 7.60 Å². The zero-order valence-corrected chi connectivity index (χ0v) is 16.0. The largest absolute Gasteiger partial charge is 0.337 e. The molecule has 0 aromatic heterocycles. The van der Waals surface area contributed by atoms with Crippen LogP contribution in [-0.4, -0.2) is 19.1 Å². The van der Waals surface area contributed by atoms with Gasteiger partial charge in [0.2, 0.25) is 0 Å². The first-order chi connectivity index (χ1) is 13.0. The zero-order chi connectivity index (χ0) is 19.4. The van der Waals surface area contributed by atoms with Crippen LogP contribution in [0.5, 0.6) is 0 Å². The molecule has 0 aliphatic carbocycles. The number of nitrogens with zero attached hydrogens (tertiary/aromatic N) is 1. The van der Waals surface area contributed by atoms with Crippen molar-refractivity contribution in [3.8, 4) is 0 Å². The molecular formula is C20H20NO5P. The molecule has 0 aliphatic rings. The number of fused-ring (bicyclic) bond motifs is 1. The molecule has 0 saturated heterocycles. The number of hydrogen-bond acceptors (Lipinski definition) is 5. The molecule has 1 atom stereocenters. The van der Waals surface area contributed by atoms with Crippen molar-refractivity contribution < 1.29 is 18.5 Å². The van der Waals surface area contributed by atoms with E-state index in [4.69, 9.17) is 9.05 Å². The van der Waals surface area contributed by atoms with E-state index in [1.54, 1.807) is 12.1 Å². The lowest BCUT2D eigenvalue weighted by Gasteiger charge is -2.25. The predicted octanol–water partition coefficient (Wildman–Crippen LogP) is 5.52. The molecule has 0 spiro atoms. The molecule has 3 aromatic rings. The Morgan fingerprint density at radius 3 is 2.19 bits per heavy atom. The number of benzene rings is 3. The Morgan fingerprint density at radius 2 is 1.59 bits per heavy atom. The summed E-state index contributed by atoms with van der Waals surface area (Å²) in [5, 5.41) is 13.1. The average Bonchev–Trinajstić information content (AvgIpc) is 2.71. The minimum atomic E-state index is -3.45. The second-order valence-corrected chi connectivity index (χ2v) is 8.59. The van der Waals surface area contributed by atoms with Gasteiger partial charge >= 0.3 is 7.60 Å². The maximum Gasteiger partial charge on any atom is 0.337 e. The van der Waals surface area contributed by atoms with Crippen molar-refractivity contribution in [3.05, 3.63) is 88.0 Å². The molecule has 7 heteroatoms. The van der Waals surface area contributed by atoms with E-state index in [9.17, 15) is 14.7 Å². The van der Waals surface area contributed by atoms with E-state index in [1.807, 2.05) is 42.5 Å². The summed E-state index contributed by atoms with van der Waals surface area (Å²) in [5.41, 5.74) is 1.05. The molecule has 0 amide bonds. The minimum absolute atomic E-state index is 0.0205. The average molecular weight is 385 g/mol. The fourth-order valence-corrected chi connectivity index (χ4v) is 4.78. The Hall–Kier alpha value is -2.53. The minimum Gasteiger partial charge on any atom is -0.312 e. The molecule has 0 saturated carbocycles. The van der Waals surface area contributed by atoms with Gasteiger partial charge < -0.3 is 9.05 Å². The third-order valence-corrected chi connectivity index (χ3v) is 6.88. The fraction of sp³-hybridized carbons (Fsp3) is 0.200. The van der Waals surface area contributed by atoms with E-state index >= 15 is 0 Å². The van der Waals surface area contributed by atoms with Gasteiger partial charge in [-0.25, -0.2) is 0 Å². The molecule has 0 radical (unpaired) electrons. The smallest absolute Gasteiger partial charge is 0.312 e. The van der Waals surface area contributed by atoms with Gasteiger partial charge in [-0.05, 0) is 28.3 Å². The molecule has 140 valence electrons. The van der Waals surface area contributed by atoms with E-state index in [0.717, 1.165) is 16.3 Å². The number of non-ortho nitro benzene ring substituents is 1. The monoisotopic (exact) mass is 385 g/mol. The third kappa shape index (κ3) is 4.08. The normalized spacial score (nSPS) is 12.8. The van der Waals surface area contributed by atoms with Crippen molar-refractivity contribution in [2.24, 2.45) is 0 Å². The van der Waals surface area contributed by atoms with E-state index in [1.165, 1.54) is 26.4 Å². The highest BCUT2D eigenvalue weighted by Crippen LogP contribution is 2.61. The van der Waals surface area contributed by atoms with Gasteiger partial charge in [0.05, 0.1) is 10.6 Å². The van der Waals surface area contributed by atoms with Crippen LogP contribution in [0.15, 0.2) is 66.7 Å². The topological polar surface area (TPSA) is 78.7 Å². The van der Waals surface area contributed by atoms with Gasteiger partial charge in [0.25, 0.3) is 5.69 Å². The van der Waals surface area contributed by atoms with Crippen LogP contribution in [0.3, 0.4) is 0 Å². The van der Waals surface area contributed by atoms with E-state index in [2.05, 4.69) is 0 Å². The van der Waals surface area contributed by atoms with Gasteiger partial charge in [-0.2, -0.15) is 0 Å². The highest BCUT2D eigenvalue weighted by Gasteiger charge is 2.35. The molecule has 27 heavy (non-hydrogen) atoms. The van der Waals surface area contributed by atoms with E-state index in [0.29, 0.717) is 12.0 Å². The summed E-state index contributed by atoms with van der Waals surface area (Å²) < 4.78 is 23.6. The van der Waals surface area contributed by atoms with Crippen molar-refractivity contribution in [2.75, 3.05) is 14.2 Å². The summed E-state index contributed by atoms with van der Waals surface area (Å²) in [5.74, 6) is 0.